The minimum atomic E-state index is 0.603. The third-order valence-electron chi connectivity index (χ3n) is 2.49. The first-order valence-corrected chi connectivity index (χ1v) is 5.70. The topological polar surface area (TPSA) is 73.1 Å². The maximum atomic E-state index is 5.64. The number of hydrogen-bond donors (Lipinski definition) is 2. The van der Waals surface area contributed by atoms with E-state index < -0.39 is 0 Å². The molecule has 0 amide bonds. The van der Waals surface area contributed by atoms with Gasteiger partial charge in [-0.1, -0.05) is 12.1 Å². The molecule has 5 heteroatoms. The maximum Gasteiger partial charge on any atom is 0.222 e. The Balaban J connectivity index is 2.05. The monoisotopic (exact) mass is 244 g/mol. The van der Waals surface area contributed by atoms with Crippen LogP contribution in [0, 0.1) is 0 Å². The van der Waals surface area contributed by atoms with E-state index in [4.69, 9.17) is 10.5 Å². The second kappa shape index (κ2) is 5.97. The van der Waals surface area contributed by atoms with E-state index in [9.17, 15) is 0 Å². The van der Waals surface area contributed by atoms with Gasteiger partial charge in [-0.3, -0.25) is 0 Å². The lowest BCUT2D eigenvalue weighted by Crippen LogP contribution is -2.09. The number of nitrogens with two attached hydrogens (primary N) is 1. The molecule has 0 aliphatic heterocycles. The quantitative estimate of drug-likeness (QED) is 0.619. The van der Waals surface area contributed by atoms with Gasteiger partial charge in [0.05, 0.1) is 6.61 Å². The van der Waals surface area contributed by atoms with Gasteiger partial charge < -0.3 is 15.8 Å². The van der Waals surface area contributed by atoms with Crippen molar-refractivity contribution in [3.63, 3.8) is 0 Å². The summed E-state index contributed by atoms with van der Waals surface area (Å²) in [4.78, 5) is 8.48. The van der Waals surface area contributed by atoms with Crippen molar-refractivity contribution in [2.75, 3.05) is 31.3 Å². The fourth-order valence-corrected chi connectivity index (χ4v) is 1.51. The number of nitrogens with zero attached hydrogens (tertiary/aromatic N) is 2. The van der Waals surface area contributed by atoms with E-state index in [1.165, 1.54) is 0 Å². The molecule has 1 aromatic heterocycles. The van der Waals surface area contributed by atoms with Gasteiger partial charge in [0.15, 0.2) is 0 Å². The van der Waals surface area contributed by atoms with Crippen molar-refractivity contribution in [1.29, 1.82) is 0 Å². The highest BCUT2D eigenvalue weighted by atomic mass is 16.5. The number of nitrogens with one attached hydrogen (secondary N) is 1. The van der Waals surface area contributed by atoms with E-state index in [1.807, 2.05) is 24.3 Å². The maximum absolute atomic E-state index is 5.64. The average Bonchev–Trinajstić information content (AvgIpc) is 2.41. The third kappa shape index (κ3) is 3.18. The number of nitrogen functional groups attached to an aromatic ring is 1. The minimum absolute atomic E-state index is 0.603. The summed E-state index contributed by atoms with van der Waals surface area (Å²) in [5, 5.41) is 3.07. The van der Waals surface area contributed by atoms with Gasteiger partial charge in [0.2, 0.25) is 5.95 Å². The molecule has 18 heavy (non-hydrogen) atoms. The van der Waals surface area contributed by atoms with Crippen LogP contribution in [0.2, 0.25) is 0 Å². The highest BCUT2D eigenvalue weighted by Gasteiger charge is 2.00. The largest absolute Gasteiger partial charge is 0.399 e. The number of benzene rings is 1. The van der Waals surface area contributed by atoms with Gasteiger partial charge >= 0.3 is 0 Å². The highest BCUT2D eigenvalue weighted by molar-refractivity contribution is 5.64. The van der Waals surface area contributed by atoms with Crippen LogP contribution in [0.25, 0.3) is 11.1 Å². The summed E-state index contributed by atoms with van der Waals surface area (Å²) in [6.45, 7) is 1.32. The van der Waals surface area contributed by atoms with Crippen molar-refractivity contribution < 1.29 is 4.74 Å². The van der Waals surface area contributed by atoms with Crippen LogP contribution in [0.1, 0.15) is 0 Å². The standard InChI is InChI=1S/C13H16N4O/c1-18-7-6-15-13-16-8-11(9-17-13)10-2-4-12(14)5-3-10/h2-5,8-9H,6-7,14H2,1H3,(H,15,16,17). The smallest absolute Gasteiger partial charge is 0.222 e. The molecule has 0 bridgehead atoms. The average molecular weight is 244 g/mol. The summed E-state index contributed by atoms with van der Waals surface area (Å²) in [7, 11) is 1.66. The van der Waals surface area contributed by atoms with Crippen LogP contribution in [0.15, 0.2) is 36.7 Å². The molecular formula is C13H16N4O. The van der Waals surface area contributed by atoms with Gasteiger partial charge in [-0.15, -0.1) is 0 Å². The summed E-state index contributed by atoms with van der Waals surface area (Å²) in [5.41, 5.74) is 8.41. The van der Waals surface area contributed by atoms with Gasteiger partial charge in [0.25, 0.3) is 0 Å². The van der Waals surface area contributed by atoms with Crippen molar-refractivity contribution in [1.82, 2.24) is 9.97 Å². The molecule has 94 valence electrons. The lowest BCUT2D eigenvalue weighted by atomic mass is 10.1. The van der Waals surface area contributed by atoms with E-state index >= 15 is 0 Å². The molecule has 2 aromatic rings. The Hall–Kier alpha value is -2.14. The molecule has 0 fully saturated rings. The Labute approximate surface area is 106 Å². The molecular weight excluding hydrogens is 228 g/mol. The van der Waals surface area contributed by atoms with Crippen molar-refractivity contribution in [2.45, 2.75) is 0 Å². The Morgan fingerprint density at radius 2 is 1.78 bits per heavy atom. The van der Waals surface area contributed by atoms with Gasteiger partial charge in [0.1, 0.15) is 0 Å². The van der Waals surface area contributed by atoms with Crippen LogP contribution in [-0.2, 0) is 4.74 Å². The fraction of sp³-hybridized carbons (Fsp3) is 0.231. The van der Waals surface area contributed by atoms with Gasteiger partial charge in [-0.2, -0.15) is 0 Å². The number of hydrogen-bond acceptors (Lipinski definition) is 5. The Morgan fingerprint density at radius 1 is 1.11 bits per heavy atom. The Bertz CT molecular complexity index is 481. The molecule has 5 nitrogen and oxygen atoms in total. The van der Waals surface area contributed by atoms with Crippen LogP contribution < -0.4 is 11.1 Å². The second-order valence-corrected chi connectivity index (χ2v) is 3.84. The number of methoxy groups -OCH3 is 1. The molecule has 0 spiro atoms. The van der Waals surface area contributed by atoms with Crippen molar-refractivity contribution >= 4 is 11.6 Å². The predicted molar refractivity (Wildman–Crippen MR) is 72.2 cm³/mol. The molecule has 1 aromatic carbocycles. The van der Waals surface area contributed by atoms with Crippen LogP contribution in [0.4, 0.5) is 11.6 Å². The normalized spacial score (nSPS) is 10.3. The van der Waals surface area contributed by atoms with Gasteiger partial charge in [-0.05, 0) is 17.7 Å². The third-order valence-corrected chi connectivity index (χ3v) is 2.49. The van der Waals surface area contributed by atoms with Crippen LogP contribution in [0.3, 0.4) is 0 Å². The zero-order valence-electron chi connectivity index (χ0n) is 10.3. The lowest BCUT2D eigenvalue weighted by Gasteiger charge is -2.05. The minimum Gasteiger partial charge on any atom is -0.399 e. The molecule has 3 N–H and O–H groups in total. The molecule has 0 aliphatic rings. The Morgan fingerprint density at radius 3 is 2.39 bits per heavy atom. The molecule has 0 atom stereocenters. The summed E-state index contributed by atoms with van der Waals surface area (Å²) in [6.07, 6.45) is 3.57. The van der Waals surface area contributed by atoms with Gasteiger partial charge in [-0.25, -0.2) is 9.97 Å². The highest BCUT2D eigenvalue weighted by Crippen LogP contribution is 2.19. The zero-order chi connectivity index (χ0) is 12.8. The number of aromatic nitrogens is 2. The first-order valence-electron chi connectivity index (χ1n) is 5.70. The SMILES string of the molecule is COCCNc1ncc(-c2ccc(N)cc2)cn1. The summed E-state index contributed by atoms with van der Waals surface area (Å²) in [5.74, 6) is 0.603. The fourth-order valence-electron chi connectivity index (χ4n) is 1.51. The molecule has 0 aliphatic carbocycles. The van der Waals surface area contributed by atoms with E-state index in [1.54, 1.807) is 19.5 Å². The van der Waals surface area contributed by atoms with Crippen LogP contribution in [-0.4, -0.2) is 30.2 Å². The van der Waals surface area contributed by atoms with E-state index in [0.29, 0.717) is 19.1 Å². The first-order chi connectivity index (χ1) is 8.79. The van der Waals surface area contributed by atoms with E-state index in [0.717, 1.165) is 16.8 Å². The van der Waals surface area contributed by atoms with E-state index in [2.05, 4.69) is 15.3 Å². The molecule has 1 heterocycles. The molecule has 0 unspecified atom stereocenters. The lowest BCUT2D eigenvalue weighted by molar-refractivity contribution is 0.210. The number of rotatable bonds is 5. The van der Waals surface area contributed by atoms with Crippen molar-refractivity contribution in [3.8, 4) is 11.1 Å². The predicted octanol–water partition coefficient (Wildman–Crippen LogP) is 1.78. The molecule has 0 saturated carbocycles. The van der Waals surface area contributed by atoms with E-state index in [-0.39, 0.29) is 0 Å². The second-order valence-electron chi connectivity index (χ2n) is 3.84. The number of anilines is 2. The first kappa shape index (κ1) is 12.3. The summed E-state index contributed by atoms with van der Waals surface area (Å²) < 4.78 is 4.94. The molecule has 0 radical (unpaired) electrons. The van der Waals surface area contributed by atoms with Gasteiger partial charge in [0, 0.05) is 37.3 Å². The number of ether oxygens (including phenoxy) is 1. The van der Waals surface area contributed by atoms with Crippen LogP contribution >= 0.6 is 0 Å². The van der Waals surface area contributed by atoms with Crippen molar-refractivity contribution in [2.24, 2.45) is 0 Å². The summed E-state index contributed by atoms with van der Waals surface area (Å²) >= 11 is 0. The van der Waals surface area contributed by atoms with Crippen molar-refractivity contribution in [3.05, 3.63) is 36.7 Å². The zero-order valence-corrected chi connectivity index (χ0v) is 10.3. The molecule has 2 rings (SSSR count). The Kier molecular flexibility index (Phi) is 4.09. The van der Waals surface area contributed by atoms with Crippen LogP contribution in [0.5, 0.6) is 0 Å². The summed E-state index contributed by atoms with van der Waals surface area (Å²) in [6, 6.07) is 7.62. The molecule has 0 saturated heterocycles.